The molecule has 3 aromatic carbocycles. The number of amides is 2. The number of halogens is 3. The fraction of sp³-hybridized carbons (Fsp3) is 0.207. The number of anilines is 2. The summed E-state index contributed by atoms with van der Waals surface area (Å²) in [6.07, 6.45) is -5.30. The fourth-order valence-electron chi connectivity index (χ4n) is 4.57. The van der Waals surface area contributed by atoms with E-state index in [4.69, 9.17) is 16.7 Å². The number of rotatable bonds is 9. The second-order valence-corrected chi connectivity index (χ2v) is 12.1. The van der Waals surface area contributed by atoms with Crippen LogP contribution in [0.25, 0.3) is 0 Å². The van der Waals surface area contributed by atoms with E-state index in [9.17, 15) is 31.2 Å². The number of alkyl halides is 3. The highest BCUT2D eigenvalue weighted by molar-refractivity contribution is 7.90. The predicted octanol–water partition coefficient (Wildman–Crippen LogP) is 3.09. The molecule has 1 aliphatic rings. The highest BCUT2D eigenvalue weighted by Gasteiger charge is 2.45. The van der Waals surface area contributed by atoms with Crippen molar-refractivity contribution in [3.63, 3.8) is 0 Å². The van der Waals surface area contributed by atoms with Crippen molar-refractivity contribution in [2.75, 3.05) is 10.2 Å². The first-order valence-electron chi connectivity index (χ1n) is 13.5. The maximum absolute atomic E-state index is 13.8. The summed E-state index contributed by atoms with van der Waals surface area (Å²) < 4.78 is 77.8. The molecule has 0 spiro atoms. The SMILES string of the molecule is Cc1ccc(S(=O)(=O)/N=c2\o[n-][n+](C)c2CN2C(=S)N(c3ccccc3)C(=O)C2CC(=O)Nc2ccc(OC(F)(F)F)cc2)cc1. The third-order valence-corrected chi connectivity index (χ3v) is 8.50. The normalized spacial score (nSPS) is 15.8. The van der Waals surface area contributed by atoms with Crippen LogP contribution in [-0.4, -0.2) is 42.6 Å². The number of sulfonamides is 1. The van der Waals surface area contributed by atoms with E-state index in [1.807, 2.05) is 0 Å². The Hall–Kier alpha value is -5.03. The molecule has 1 unspecified atom stereocenters. The van der Waals surface area contributed by atoms with E-state index in [1.54, 1.807) is 49.4 Å². The Balaban J connectivity index is 1.44. The number of carbonyl (C=O) groups excluding carboxylic acids is 2. The molecule has 4 aromatic rings. The maximum Gasteiger partial charge on any atom is 0.573 e. The Morgan fingerprint density at radius 3 is 2.37 bits per heavy atom. The minimum atomic E-state index is -4.88. The van der Waals surface area contributed by atoms with Gasteiger partial charge in [-0.05, 0) is 67.7 Å². The van der Waals surface area contributed by atoms with Gasteiger partial charge in [-0.3, -0.25) is 19.8 Å². The molecule has 17 heteroatoms. The lowest BCUT2D eigenvalue weighted by Gasteiger charge is -2.22. The van der Waals surface area contributed by atoms with Crippen LogP contribution in [0.3, 0.4) is 0 Å². The summed E-state index contributed by atoms with van der Waals surface area (Å²) in [5.41, 5.74) is 1.25. The first kappa shape index (κ1) is 32.4. The number of nitrogens with zero attached hydrogens (tertiary/aromatic N) is 5. The monoisotopic (exact) mass is 674 g/mol. The minimum absolute atomic E-state index is 0.0243. The van der Waals surface area contributed by atoms with Crippen LogP contribution in [0.2, 0.25) is 0 Å². The van der Waals surface area contributed by atoms with E-state index in [0.717, 1.165) is 17.7 Å². The van der Waals surface area contributed by atoms with Gasteiger partial charge >= 0.3 is 6.36 Å². The number of thiocarbonyl (C=S) groups is 1. The lowest BCUT2D eigenvalue weighted by molar-refractivity contribution is -0.752. The van der Waals surface area contributed by atoms with Crippen LogP contribution in [-0.2, 0) is 33.2 Å². The molecule has 5 rings (SSSR count). The molecule has 0 radical (unpaired) electrons. The number of aromatic nitrogens is 2. The maximum atomic E-state index is 13.8. The van der Waals surface area contributed by atoms with Crippen molar-refractivity contribution in [3.8, 4) is 5.75 Å². The summed E-state index contributed by atoms with van der Waals surface area (Å²) in [4.78, 5) is 29.5. The van der Waals surface area contributed by atoms with Gasteiger partial charge in [0.1, 0.15) is 25.4 Å². The summed E-state index contributed by atoms with van der Waals surface area (Å²) >= 11 is 5.68. The van der Waals surface area contributed by atoms with Crippen LogP contribution >= 0.6 is 12.2 Å². The van der Waals surface area contributed by atoms with E-state index < -0.39 is 46.4 Å². The standard InChI is InChI=1S/C29H25F3N6O6S2/c1-18-8-14-22(15-9-18)46(41,42)34-26-24(36(2)35-44-26)17-37-23(27(40)38(28(37)45)20-6-4-3-5-7-20)16-25(39)33-19-10-12-21(13-11-19)43-29(30,31)32/h3-15,23H,16-17H2,1-2H3,(H,33,39)/b34-26-. The third-order valence-electron chi connectivity index (χ3n) is 6.81. The van der Waals surface area contributed by atoms with Crippen molar-refractivity contribution in [2.24, 2.45) is 11.4 Å². The van der Waals surface area contributed by atoms with Crippen LogP contribution in [0.4, 0.5) is 24.5 Å². The van der Waals surface area contributed by atoms with E-state index in [0.29, 0.717) is 5.69 Å². The second-order valence-electron chi connectivity index (χ2n) is 10.1. The molecule has 240 valence electrons. The van der Waals surface area contributed by atoms with Gasteiger partial charge in [0.25, 0.3) is 27.2 Å². The molecule has 1 saturated heterocycles. The quantitative estimate of drug-likeness (QED) is 0.210. The Morgan fingerprint density at radius 2 is 1.74 bits per heavy atom. The summed E-state index contributed by atoms with van der Waals surface area (Å²) in [6.45, 7) is 1.58. The predicted molar refractivity (Wildman–Crippen MR) is 159 cm³/mol. The zero-order chi connectivity index (χ0) is 33.2. The van der Waals surface area contributed by atoms with Crippen molar-refractivity contribution < 1.29 is 45.1 Å². The smallest absolute Gasteiger partial charge is 0.486 e. The molecule has 1 N–H and O–H groups in total. The average molecular weight is 675 g/mol. The molecular formula is C29H25F3N6O6S2. The largest absolute Gasteiger partial charge is 0.573 e. The van der Waals surface area contributed by atoms with Crippen LogP contribution in [0.5, 0.6) is 5.75 Å². The number of ether oxygens (including phenoxy) is 1. The zero-order valence-electron chi connectivity index (χ0n) is 24.1. The highest BCUT2D eigenvalue weighted by Crippen LogP contribution is 2.29. The molecule has 1 atom stereocenters. The van der Waals surface area contributed by atoms with Crippen molar-refractivity contribution in [1.82, 2.24) is 10.2 Å². The number of carbonyl (C=O) groups is 2. The molecule has 0 aliphatic carbocycles. The Labute approximate surface area is 265 Å². The van der Waals surface area contributed by atoms with Crippen molar-refractivity contribution >= 4 is 50.5 Å². The van der Waals surface area contributed by atoms with Gasteiger partial charge in [-0.15, -0.1) is 17.6 Å². The molecule has 2 heterocycles. The second kappa shape index (κ2) is 12.8. The Morgan fingerprint density at radius 1 is 1.09 bits per heavy atom. The van der Waals surface area contributed by atoms with Gasteiger partial charge < -0.3 is 19.5 Å². The molecular weight excluding hydrogens is 649 g/mol. The van der Waals surface area contributed by atoms with E-state index >= 15 is 0 Å². The number of nitrogens with one attached hydrogen (secondary N) is 1. The molecule has 1 aliphatic heterocycles. The van der Waals surface area contributed by atoms with Crippen molar-refractivity contribution in [3.05, 3.63) is 95.7 Å². The van der Waals surface area contributed by atoms with Gasteiger partial charge in [-0.2, -0.15) is 8.42 Å². The van der Waals surface area contributed by atoms with Gasteiger partial charge in [0.05, 0.1) is 17.0 Å². The summed E-state index contributed by atoms with van der Waals surface area (Å²) in [5.74, 6) is -1.66. The third kappa shape index (κ3) is 7.26. The molecule has 0 saturated carbocycles. The summed E-state index contributed by atoms with van der Waals surface area (Å²) in [6, 6.07) is 17.8. The van der Waals surface area contributed by atoms with Crippen molar-refractivity contribution in [2.45, 2.75) is 37.2 Å². The number of hydrogen-bond donors (Lipinski definition) is 1. The zero-order valence-corrected chi connectivity index (χ0v) is 25.8. The molecule has 46 heavy (non-hydrogen) atoms. The highest BCUT2D eigenvalue weighted by atomic mass is 32.2. The van der Waals surface area contributed by atoms with Gasteiger partial charge in [0.15, 0.2) is 5.11 Å². The van der Waals surface area contributed by atoms with E-state index in [2.05, 4.69) is 19.7 Å². The first-order valence-corrected chi connectivity index (χ1v) is 15.3. The lowest BCUT2D eigenvalue weighted by atomic mass is 10.1. The molecule has 0 bridgehead atoms. The van der Waals surface area contributed by atoms with E-state index in [-0.39, 0.29) is 33.5 Å². The summed E-state index contributed by atoms with van der Waals surface area (Å²) in [5, 5.41) is 6.38. The van der Waals surface area contributed by atoms with Crippen LogP contribution < -0.4 is 30.5 Å². The molecule has 12 nitrogen and oxygen atoms in total. The lowest BCUT2D eigenvalue weighted by Crippen LogP contribution is -2.45. The van der Waals surface area contributed by atoms with Crippen LogP contribution in [0.15, 0.2) is 92.7 Å². The number of hydrogen-bond acceptors (Lipinski definition) is 7. The molecule has 1 aromatic heterocycles. The van der Waals surface area contributed by atoms with Crippen molar-refractivity contribution in [1.29, 1.82) is 0 Å². The van der Waals surface area contributed by atoms with Gasteiger partial charge in [-0.25, -0.2) is 4.68 Å². The minimum Gasteiger partial charge on any atom is -0.486 e. The topological polar surface area (TPSA) is 139 Å². The van der Waals surface area contributed by atoms with Gasteiger partial charge in [-0.1, -0.05) is 35.9 Å². The van der Waals surface area contributed by atoms with Gasteiger partial charge in [0, 0.05) is 5.69 Å². The van der Waals surface area contributed by atoms with Crippen LogP contribution in [0.1, 0.15) is 17.7 Å². The number of aryl methyl sites for hydroxylation is 2. The fourth-order valence-corrected chi connectivity index (χ4v) is 5.90. The number of para-hydroxylation sites is 1. The Bertz CT molecular complexity index is 1940. The van der Waals surface area contributed by atoms with Gasteiger partial charge in [0.2, 0.25) is 5.91 Å². The molecule has 2 amide bonds. The first-order chi connectivity index (χ1) is 21.7. The number of benzene rings is 3. The van der Waals surface area contributed by atoms with E-state index in [1.165, 1.54) is 45.8 Å². The molecule has 1 fully saturated rings. The summed E-state index contributed by atoms with van der Waals surface area (Å²) in [7, 11) is -2.73. The average Bonchev–Trinajstić information content (AvgIpc) is 3.44. The Kier molecular flexibility index (Phi) is 8.98. The van der Waals surface area contributed by atoms with Crippen LogP contribution in [0, 0.1) is 6.92 Å².